The number of hydrogen-bond acceptors (Lipinski definition) is 3. The Morgan fingerprint density at radius 2 is 2.16 bits per heavy atom. The molecule has 1 aliphatic heterocycles. The topological polar surface area (TPSA) is 64.3 Å². The molecule has 100 valence electrons. The first-order chi connectivity index (χ1) is 9.22. The van der Waals surface area contributed by atoms with Crippen molar-refractivity contribution in [2.45, 2.75) is 19.3 Å². The quantitative estimate of drug-likeness (QED) is 0.889. The van der Waals surface area contributed by atoms with Crippen LogP contribution in [0.3, 0.4) is 0 Å². The molecule has 0 spiro atoms. The summed E-state index contributed by atoms with van der Waals surface area (Å²) in [5.41, 5.74) is 1.53. The lowest BCUT2D eigenvalue weighted by atomic mass is 9.98. The van der Waals surface area contributed by atoms with Crippen LogP contribution in [0.2, 0.25) is 0 Å². The van der Waals surface area contributed by atoms with Gasteiger partial charge in [-0.3, -0.25) is 4.79 Å². The van der Waals surface area contributed by atoms with Crippen LogP contribution >= 0.6 is 0 Å². The maximum Gasteiger partial charge on any atom is 0.226 e. The summed E-state index contributed by atoms with van der Waals surface area (Å²) < 4.78 is 0. The van der Waals surface area contributed by atoms with Crippen molar-refractivity contribution in [1.29, 1.82) is 5.26 Å². The van der Waals surface area contributed by atoms with E-state index in [1.165, 1.54) is 0 Å². The average molecular weight is 258 g/mol. The maximum absolute atomic E-state index is 12.2. The highest BCUT2D eigenvalue weighted by Gasteiger charge is 2.22. The lowest BCUT2D eigenvalue weighted by Gasteiger charge is -2.32. The van der Waals surface area contributed by atoms with Crippen molar-refractivity contribution in [3.8, 4) is 6.07 Å². The number of aliphatic hydroxyl groups is 1. The number of piperidine rings is 1. The van der Waals surface area contributed by atoms with Crippen molar-refractivity contribution in [2.75, 3.05) is 19.7 Å². The zero-order chi connectivity index (χ0) is 13.7. The molecule has 4 nitrogen and oxygen atoms in total. The van der Waals surface area contributed by atoms with E-state index in [4.69, 9.17) is 10.4 Å². The summed E-state index contributed by atoms with van der Waals surface area (Å²) in [6, 6.07) is 9.17. The van der Waals surface area contributed by atoms with Crippen LogP contribution in [0.25, 0.3) is 0 Å². The van der Waals surface area contributed by atoms with Crippen molar-refractivity contribution in [3.05, 3.63) is 35.4 Å². The Bertz CT molecular complexity index is 476. The van der Waals surface area contributed by atoms with E-state index in [1.54, 1.807) is 12.1 Å². The molecule has 1 heterocycles. The summed E-state index contributed by atoms with van der Waals surface area (Å²) in [7, 11) is 0. The molecule has 2 rings (SSSR count). The first-order valence-corrected chi connectivity index (χ1v) is 6.60. The molecule has 0 bridgehead atoms. The van der Waals surface area contributed by atoms with Gasteiger partial charge < -0.3 is 10.0 Å². The van der Waals surface area contributed by atoms with E-state index in [0.29, 0.717) is 18.5 Å². The van der Waals surface area contributed by atoms with Crippen LogP contribution in [-0.4, -0.2) is 35.6 Å². The summed E-state index contributed by atoms with van der Waals surface area (Å²) in [6.45, 7) is 1.60. The molecule has 19 heavy (non-hydrogen) atoms. The predicted octanol–water partition coefficient (Wildman–Crippen LogP) is 1.33. The zero-order valence-electron chi connectivity index (χ0n) is 10.9. The van der Waals surface area contributed by atoms with Crippen molar-refractivity contribution < 1.29 is 9.90 Å². The van der Waals surface area contributed by atoms with E-state index in [-0.39, 0.29) is 18.4 Å². The van der Waals surface area contributed by atoms with Crippen LogP contribution < -0.4 is 0 Å². The second kappa shape index (κ2) is 6.35. The van der Waals surface area contributed by atoms with Gasteiger partial charge in [0.05, 0.1) is 18.1 Å². The van der Waals surface area contributed by atoms with E-state index in [2.05, 4.69) is 6.07 Å². The predicted molar refractivity (Wildman–Crippen MR) is 71.3 cm³/mol. The molecule has 0 aromatic heterocycles. The van der Waals surface area contributed by atoms with Crippen molar-refractivity contribution in [1.82, 2.24) is 4.90 Å². The number of carbonyl (C=O) groups is 1. The van der Waals surface area contributed by atoms with Gasteiger partial charge in [-0.25, -0.2) is 0 Å². The third-order valence-corrected chi connectivity index (χ3v) is 3.57. The normalized spacial score (nSPS) is 18.9. The third kappa shape index (κ3) is 3.55. The molecule has 1 atom stereocenters. The minimum Gasteiger partial charge on any atom is -0.396 e. The van der Waals surface area contributed by atoms with Gasteiger partial charge in [-0.05, 0) is 36.5 Å². The Hall–Kier alpha value is -1.86. The van der Waals surface area contributed by atoms with Crippen LogP contribution in [-0.2, 0) is 11.2 Å². The number of nitriles is 1. The SMILES string of the molecule is N#Cc1ccc(CC(=O)N2CCCC(CO)C2)cc1. The van der Waals surface area contributed by atoms with Crippen LogP contribution in [0.15, 0.2) is 24.3 Å². The lowest BCUT2D eigenvalue weighted by Crippen LogP contribution is -2.41. The molecular weight excluding hydrogens is 240 g/mol. The van der Waals surface area contributed by atoms with Crippen LogP contribution in [0, 0.1) is 17.2 Å². The van der Waals surface area contributed by atoms with Gasteiger partial charge in [-0.1, -0.05) is 12.1 Å². The molecule has 0 saturated carbocycles. The van der Waals surface area contributed by atoms with Crippen LogP contribution in [0.1, 0.15) is 24.0 Å². The maximum atomic E-state index is 12.2. The molecule has 0 radical (unpaired) electrons. The number of amides is 1. The fourth-order valence-corrected chi connectivity index (χ4v) is 2.42. The molecule has 0 aliphatic carbocycles. The first kappa shape index (κ1) is 13.6. The summed E-state index contributed by atoms with van der Waals surface area (Å²) in [5.74, 6) is 0.321. The van der Waals surface area contributed by atoms with Gasteiger partial charge in [-0.2, -0.15) is 5.26 Å². The lowest BCUT2D eigenvalue weighted by molar-refractivity contribution is -0.132. The fourth-order valence-electron chi connectivity index (χ4n) is 2.42. The highest BCUT2D eigenvalue weighted by atomic mass is 16.3. The first-order valence-electron chi connectivity index (χ1n) is 6.60. The molecule has 1 amide bonds. The molecule has 1 aliphatic rings. The van der Waals surface area contributed by atoms with Crippen molar-refractivity contribution in [2.24, 2.45) is 5.92 Å². The van der Waals surface area contributed by atoms with Gasteiger partial charge in [0, 0.05) is 19.7 Å². The molecular formula is C15H18N2O2. The Labute approximate surface area is 113 Å². The number of benzene rings is 1. The minimum atomic E-state index is 0.0999. The van der Waals surface area contributed by atoms with Gasteiger partial charge in [0.1, 0.15) is 0 Å². The van der Waals surface area contributed by atoms with Gasteiger partial charge in [0.2, 0.25) is 5.91 Å². The van der Waals surface area contributed by atoms with Gasteiger partial charge >= 0.3 is 0 Å². The summed E-state index contributed by atoms with van der Waals surface area (Å²) in [6.07, 6.45) is 2.32. The molecule has 1 saturated heterocycles. The number of likely N-dealkylation sites (tertiary alicyclic amines) is 1. The van der Waals surface area contributed by atoms with Crippen LogP contribution in [0.4, 0.5) is 0 Å². The molecule has 1 fully saturated rings. The van der Waals surface area contributed by atoms with Crippen molar-refractivity contribution in [3.63, 3.8) is 0 Å². The van der Waals surface area contributed by atoms with Crippen LogP contribution in [0.5, 0.6) is 0 Å². The number of hydrogen-bond donors (Lipinski definition) is 1. The highest BCUT2D eigenvalue weighted by molar-refractivity contribution is 5.78. The van der Waals surface area contributed by atoms with E-state index in [0.717, 1.165) is 24.9 Å². The van der Waals surface area contributed by atoms with Gasteiger partial charge in [-0.15, -0.1) is 0 Å². The Balaban J connectivity index is 1.94. The smallest absolute Gasteiger partial charge is 0.226 e. The zero-order valence-corrected chi connectivity index (χ0v) is 10.9. The number of aliphatic hydroxyl groups excluding tert-OH is 1. The molecule has 1 unspecified atom stereocenters. The largest absolute Gasteiger partial charge is 0.396 e. The highest BCUT2D eigenvalue weighted by Crippen LogP contribution is 2.17. The number of rotatable bonds is 3. The summed E-state index contributed by atoms with van der Waals surface area (Å²) in [4.78, 5) is 14.0. The monoisotopic (exact) mass is 258 g/mol. The van der Waals surface area contributed by atoms with E-state index < -0.39 is 0 Å². The second-order valence-electron chi connectivity index (χ2n) is 5.02. The molecule has 4 heteroatoms. The van der Waals surface area contributed by atoms with Gasteiger partial charge in [0.15, 0.2) is 0 Å². The van der Waals surface area contributed by atoms with Crippen molar-refractivity contribution >= 4 is 5.91 Å². The summed E-state index contributed by atoms with van der Waals surface area (Å²) >= 11 is 0. The van der Waals surface area contributed by atoms with E-state index in [1.807, 2.05) is 17.0 Å². The Morgan fingerprint density at radius 3 is 2.79 bits per heavy atom. The molecule has 1 N–H and O–H groups in total. The van der Waals surface area contributed by atoms with E-state index in [9.17, 15) is 4.79 Å². The number of carbonyl (C=O) groups excluding carboxylic acids is 1. The Kier molecular flexibility index (Phi) is 4.53. The molecule has 1 aromatic carbocycles. The third-order valence-electron chi connectivity index (χ3n) is 3.57. The average Bonchev–Trinajstić information content (AvgIpc) is 2.48. The number of nitrogens with zero attached hydrogens (tertiary/aromatic N) is 2. The second-order valence-corrected chi connectivity index (χ2v) is 5.02. The summed E-state index contributed by atoms with van der Waals surface area (Å²) in [5, 5.41) is 17.9. The minimum absolute atomic E-state index is 0.0999. The fraction of sp³-hybridized carbons (Fsp3) is 0.467. The van der Waals surface area contributed by atoms with Gasteiger partial charge in [0.25, 0.3) is 0 Å². The molecule has 1 aromatic rings. The van der Waals surface area contributed by atoms with E-state index >= 15 is 0 Å². The standard InChI is InChI=1S/C15H18N2O2/c16-9-13-5-3-12(4-6-13)8-15(19)17-7-1-2-14(10-17)11-18/h3-6,14,18H,1-2,7-8,10-11H2. The Morgan fingerprint density at radius 1 is 1.42 bits per heavy atom.